The maximum atomic E-state index is 11.5. The molecule has 0 aliphatic carbocycles. The summed E-state index contributed by atoms with van der Waals surface area (Å²) >= 11 is 0. The number of hydrogen-bond acceptors (Lipinski definition) is 3. The second-order valence-corrected chi connectivity index (χ2v) is 4.20. The van der Waals surface area contributed by atoms with Crippen molar-refractivity contribution in [3.8, 4) is 0 Å². The molecular weight excluding hydrogens is 178 g/mol. The number of nitrogens with two attached hydrogens (primary N) is 1. The summed E-state index contributed by atoms with van der Waals surface area (Å²) in [7, 11) is 4.08. The van der Waals surface area contributed by atoms with Gasteiger partial charge in [0.05, 0.1) is 6.54 Å². The van der Waals surface area contributed by atoms with Crippen molar-refractivity contribution in [3.63, 3.8) is 0 Å². The van der Waals surface area contributed by atoms with Crippen molar-refractivity contribution >= 4 is 5.91 Å². The first-order chi connectivity index (χ1) is 6.65. The van der Waals surface area contributed by atoms with Crippen molar-refractivity contribution in [2.24, 2.45) is 5.73 Å². The van der Waals surface area contributed by atoms with E-state index < -0.39 is 0 Å². The van der Waals surface area contributed by atoms with Crippen LogP contribution in [0.5, 0.6) is 0 Å². The minimum atomic E-state index is 0.0940. The molecule has 0 saturated carbocycles. The largest absolute Gasteiger partial charge is 0.337 e. The fraction of sp³-hybridized carbons (Fsp3) is 0.900. The number of carbonyl (C=O) groups is 1. The predicted molar refractivity (Wildman–Crippen MR) is 57.0 cm³/mol. The molecular formula is C10H21N3O. The number of amides is 1. The molecule has 4 nitrogen and oxygen atoms in total. The Morgan fingerprint density at radius 2 is 2.21 bits per heavy atom. The fourth-order valence-corrected chi connectivity index (χ4v) is 2.06. The van der Waals surface area contributed by atoms with Crippen LogP contribution in [0.1, 0.15) is 19.3 Å². The van der Waals surface area contributed by atoms with Gasteiger partial charge in [-0.25, -0.2) is 0 Å². The van der Waals surface area contributed by atoms with Crippen molar-refractivity contribution in [2.75, 3.05) is 33.7 Å². The Kier molecular flexibility index (Phi) is 4.35. The summed E-state index contributed by atoms with van der Waals surface area (Å²) in [5.74, 6) is 0.0940. The van der Waals surface area contributed by atoms with E-state index in [9.17, 15) is 4.79 Å². The number of likely N-dealkylation sites (tertiary alicyclic amines) is 1. The monoisotopic (exact) mass is 199 g/mol. The second kappa shape index (κ2) is 5.32. The number of piperidine rings is 1. The normalized spacial score (nSPS) is 22.9. The average molecular weight is 199 g/mol. The molecule has 14 heavy (non-hydrogen) atoms. The Labute approximate surface area is 86.0 Å². The molecule has 82 valence electrons. The number of likely N-dealkylation sites (N-methyl/N-ethyl adjacent to an activating group) is 1. The Morgan fingerprint density at radius 3 is 2.79 bits per heavy atom. The number of nitrogens with zero attached hydrogens (tertiary/aromatic N) is 2. The molecule has 0 spiro atoms. The quantitative estimate of drug-likeness (QED) is 0.690. The van der Waals surface area contributed by atoms with Gasteiger partial charge in [-0.15, -0.1) is 0 Å². The lowest BCUT2D eigenvalue weighted by molar-refractivity contribution is -0.133. The minimum absolute atomic E-state index is 0.0940. The smallest absolute Gasteiger partial charge is 0.236 e. The summed E-state index contributed by atoms with van der Waals surface area (Å²) in [5.41, 5.74) is 5.39. The maximum absolute atomic E-state index is 11.5. The van der Waals surface area contributed by atoms with E-state index in [1.165, 1.54) is 6.42 Å². The van der Waals surface area contributed by atoms with Crippen LogP contribution in [0.2, 0.25) is 0 Å². The van der Waals surface area contributed by atoms with Crippen LogP contribution in [0.4, 0.5) is 0 Å². The van der Waals surface area contributed by atoms with Gasteiger partial charge in [0.1, 0.15) is 0 Å². The molecule has 2 N–H and O–H groups in total. The highest BCUT2D eigenvalue weighted by Crippen LogP contribution is 2.17. The average Bonchev–Trinajstić information content (AvgIpc) is 2.16. The number of hydrogen-bond donors (Lipinski definition) is 1. The van der Waals surface area contributed by atoms with Crippen molar-refractivity contribution in [3.05, 3.63) is 0 Å². The standard InChI is InChI=1S/C10H21N3O/c1-12(2)8-9-5-3-4-6-13(9)10(14)7-11/h9H,3-8,11H2,1-2H3/t9-/m1/s1. The van der Waals surface area contributed by atoms with Gasteiger partial charge in [-0.05, 0) is 33.4 Å². The second-order valence-electron chi connectivity index (χ2n) is 4.20. The van der Waals surface area contributed by atoms with Crippen LogP contribution in [0.3, 0.4) is 0 Å². The molecule has 1 atom stereocenters. The molecule has 1 amide bonds. The molecule has 1 heterocycles. The summed E-state index contributed by atoms with van der Waals surface area (Å²) in [6.45, 7) is 1.98. The summed E-state index contributed by atoms with van der Waals surface area (Å²) in [4.78, 5) is 15.6. The molecule has 1 aliphatic heterocycles. The molecule has 0 aromatic heterocycles. The molecule has 0 bridgehead atoms. The molecule has 1 rings (SSSR count). The predicted octanol–water partition coefficient (Wildman–Crippen LogP) is -0.112. The molecule has 0 aromatic rings. The van der Waals surface area contributed by atoms with Gasteiger partial charge < -0.3 is 15.5 Å². The van der Waals surface area contributed by atoms with Crippen LogP contribution in [0.25, 0.3) is 0 Å². The Morgan fingerprint density at radius 1 is 1.50 bits per heavy atom. The van der Waals surface area contributed by atoms with E-state index in [1.54, 1.807) is 0 Å². The van der Waals surface area contributed by atoms with E-state index >= 15 is 0 Å². The molecule has 1 aliphatic rings. The summed E-state index contributed by atoms with van der Waals surface area (Å²) in [6.07, 6.45) is 3.46. The molecule has 1 saturated heterocycles. The van der Waals surface area contributed by atoms with E-state index in [4.69, 9.17) is 5.73 Å². The molecule has 1 fully saturated rings. The van der Waals surface area contributed by atoms with Crippen LogP contribution < -0.4 is 5.73 Å². The lowest BCUT2D eigenvalue weighted by atomic mass is 10.0. The molecule has 0 unspecified atom stereocenters. The summed E-state index contributed by atoms with van der Waals surface area (Å²) in [6, 6.07) is 0.370. The zero-order valence-electron chi connectivity index (χ0n) is 9.20. The van der Waals surface area contributed by atoms with Crippen molar-refractivity contribution in [2.45, 2.75) is 25.3 Å². The third-order valence-electron chi connectivity index (χ3n) is 2.70. The van der Waals surface area contributed by atoms with Crippen LogP contribution in [0.15, 0.2) is 0 Å². The highest BCUT2D eigenvalue weighted by atomic mass is 16.2. The maximum Gasteiger partial charge on any atom is 0.236 e. The van der Waals surface area contributed by atoms with Gasteiger partial charge in [0.15, 0.2) is 0 Å². The first kappa shape index (κ1) is 11.5. The first-order valence-electron chi connectivity index (χ1n) is 5.29. The van der Waals surface area contributed by atoms with E-state index in [-0.39, 0.29) is 12.5 Å². The van der Waals surface area contributed by atoms with E-state index in [0.29, 0.717) is 6.04 Å². The van der Waals surface area contributed by atoms with Crippen molar-refractivity contribution < 1.29 is 4.79 Å². The van der Waals surface area contributed by atoms with Crippen LogP contribution in [0, 0.1) is 0 Å². The SMILES string of the molecule is CN(C)C[C@H]1CCCCN1C(=O)CN. The minimum Gasteiger partial charge on any atom is -0.337 e. The lowest BCUT2D eigenvalue weighted by Crippen LogP contribution is -2.50. The van der Waals surface area contributed by atoms with Gasteiger partial charge >= 0.3 is 0 Å². The fourth-order valence-electron chi connectivity index (χ4n) is 2.06. The number of carbonyl (C=O) groups excluding carboxylic acids is 1. The van der Waals surface area contributed by atoms with Crippen LogP contribution >= 0.6 is 0 Å². The Balaban J connectivity index is 2.54. The Bertz CT molecular complexity index is 194. The molecule has 0 aromatic carbocycles. The third kappa shape index (κ3) is 2.96. The third-order valence-corrected chi connectivity index (χ3v) is 2.70. The van der Waals surface area contributed by atoms with Gasteiger partial charge in [0.2, 0.25) is 5.91 Å². The van der Waals surface area contributed by atoms with Gasteiger partial charge in [0, 0.05) is 19.1 Å². The van der Waals surface area contributed by atoms with Crippen molar-refractivity contribution in [1.82, 2.24) is 9.80 Å². The van der Waals surface area contributed by atoms with Crippen LogP contribution in [-0.2, 0) is 4.79 Å². The van der Waals surface area contributed by atoms with E-state index in [0.717, 1.165) is 25.9 Å². The number of rotatable bonds is 3. The zero-order valence-corrected chi connectivity index (χ0v) is 9.20. The van der Waals surface area contributed by atoms with Crippen LogP contribution in [-0.4, -0.2) is 55.5 Å². The highest BCUT2D eigenvalue weighted by molar-refractivity contribution is 5.78. The van der Waals surface area contributed by atoms with E-state index in [1.807, 2.05) is 19.0 Å². The molecule has 4 heteroatoms. The first-order valence-corrected chi connectivity index (χ1v) is 5.29. The summed E-state index contributed by atoms with van der Waals surface area (Å²) in [5, 5.41) is 0. The Hall–Kier alpha value is -0.610. The van der Waals surface area contributed by atoms with Gasteiger partial charge in [-0.2, -0.15) is 0 Å². The van der Waals surface area contributed by atoms with Gasteiger partial charge in [0.25, 0.3) is 0 Å². The van der Waals surface area contributed by atoms with Gasteiger partial charge in [-0.1, -0.05) is 0 Å². The highest BCUT2D eigenvalue weighted by Gasteiger charge is 2.25. The summed E-state index contributed by atoms with van der Waals surface area (Å²) < 4.78 is 0. The lowest BCUT2D eigenvalue weighted by Gasteiger charge is -2.37. The van der Waals surface area contributed by atoms with E-state index in [2.05, 4.69) is 4.90 Å². The topological polar surface area (TPSA) is 49.6 Å². The molecule has 0 radical (unpaired) electrons. The van der Waals surface area contributed by atoms with Crippen molar-refractivity contribution in [1.29, 1.82) is 0 Å². The zero-order chi connectivity index (χ0) is 10.6. The van der Waals surface area contributed by atoms with Gasteiger partial charge in [-0.3, -0.25) is 4.79 Å².